The molecule has 1 amide bonds. The standard InChI is InChI=1S/C33H44N2O4/c1-20-22-6-7-31(4)24(23(22)16-21(19-34)28(20)37)17-26(36)27-25-18-30(2,3)8-10-33(25,11-9-32(27,31)5)29(38)35-12-14-39-15-13-35/h16-17,20,22-23,25,27H,6-15,18H2,1-5H3. The van der Waals surface area contributed by atoms with Crippen LogP contribution in [0.3, 0.4) is 0 Å². The molecule has 6 heteroatoms. The number of amides is 1. The van der Waals surface area contributed by atoms with E-state index < -0.39 is 5.41 Å². The number of carbonyl (C=O) groups excluding carboxylic acids is 3. The number of Topliss-reactive ketones (excluding diaryl/α,β-unsaturated/α-hetero) is 1. The normalized spacial score (nSPS) is 45.0. The highest BCUT2D eigenvalue weighted by atomic mass is 16.5. The molecule has 6 aliphatic rings. The average Bonchev–Trinajstić information content (AvgIpc) is 2.91. The molecule has 0 spiro atoms. The van der Waals surface area contributed by atoms with E-state index in [1.807, 2.05) is 24.0 Å². The minimum absolute atomic E-state index is 0.0206. The molecule has 3 saturated carbocycles. The van der Waals surface area contributed by atoms with E-state index in [9.17, 15) is 19.6 Å². The molecule has 6 nitrogen and oxygen atoms in total. The zero-order valence-corrected chi connectivity index (χ0v) is 24.3. The van der Waals surface area contributed by atoms with Gasteiger partial charge in [-0.3, -0.25) is 14.4 Å². The van der Waals surface area contributed by atoms with Crippen LogP contribution in [0.5, 0.6) is 0 Å². The Hall–Kier alpha value is -2.26. The molecule has 1 heterocycles. The lowest BCUT2D eigenvalue weighted by Crippen LogP contribution is -2.65. The second-order valence-corrected chi connectivity index (χ2v) is 14.8. The molecular formula is C33H44N2O4. The topological polar surface area (TPSA) is 87.5 Å². The lowest BCUT2D eigenvalue weighted by atomic mass is 9.36. The van der Waals surface area contributed by atoms with Crippen LogP contribution in [0.15, 0.2) is 23.3 Å². The number of hydrogen-bond donors (Lipinski definition) is 0. The molecule has 4 fully saturated rings. The van der Waals surface area contributed by atoms with Gasteiger partial charge in [-0.25, -0.2) is 0 Å². The fourth-order valence-electron chi connectivity index (χ4n) is 10.1. The minimum Gasteiger partial charge on any atom is -0.378 e. The highest BCUT2D eigenvalue weighted by Gasteiger charge is 2.69. The van der Waals surface area contributed by atoms with Crippen LogP contribution >= 0.6 is 0 Å². The molecule has 8 atom stereocenters. The van der Waals surface area contributed by atoms with Crippen molar-refractivity contribution in [3.05, 3.63) is 23.3 Å². The SMILES string of the molecule is CC1C(=O)C(C#N)=CC2C3=CC(=O)C4C5CC(C)(C)CCC5(C(=O)N5CCOCC5)CCC4(C)C3(C)CCC12. The summed E-state index contributed by atoms with van der Waals surface area (Å²) < 4.78 is 5.57. The van der Waals surface area contributed by atoms with Gasteiger partial charge >= 0.3 is 0 Å². The molecule has 39 heavy (non-hydrogen) atoms. The third-order valence-electron chi connectivity index (χ3n) is 12.7. The van der Waals surface area contributed by atoms with Crippen LogP contribution in [0.2, 0.25) is 0 Å². The number of nitriles is 1. The van der Waals surface area contributed by atoms with Gasteiger partial charge in [-0.2, -0.15) is 5.26 Å². The third-order valence-corrected chi connectivity index (χ3v) is 12.7. The Bertz CT molecular complexity index is 1220. The lowest BCUT2D eigenvalue weighted by molar-refractivity contribution is -0.184. The van der Waals surface area contributed by atoms with E-state index in [-0.39, 0.29) is 68.9 Å². The van der Waals surface area contributed by atoms with Gasteiger partial charge in [0.25, 0.3) is 0 Å². The van der Waals surface area contributed by atoms with Crippen molar-refractivity contribution in [3.63, 3.8) is 0 Å². The largest absolute Gasteiger partial charge is 0.378 e. The Morgan fingerprint density at radius 3 is 2.44 bits per heavy atom. The quantitative estimate of drug-likeness (QED) is 0.458. The number of allylic oxidation sites excluding steroid dienone is 4. The van der Waals surface area contributed by atoms with Crippen LogP contribution in [-0.4, -0.2) is 48.7 Å². The first-order chi connectivity index (χ1) is 18.4. The van der Waals surface area contributed by atoms with Crippen LogP contribution < -0.4 is 0 Å². The fraction of sp³-hybridized carbons (Fsp3) is 0.758. The fourth-order valence-corrected chi connectivity index (χ4v) is 10.1. The summed E-state index contributed by atoms with van der Waals surface area (Å²) in [7, 11) is 0. The maximum Gasteiger partial charge on any atom is 0.229 e. The Kier molecular flexibility index (Phi) is 6.13. The van der Waals surface area contributed by atoms with Crippen molar-refractivity contribution in [2.24, 2.45) is 51.2 Å². The zero-order chi connectivity index (χ0) is 28.0. The summed E-state index contributed by atoms with van der Waals surface area (Å²) in [6, 6.07) is 2.15. The molecule has 0 bridgehead atoms. The van der Waals surface area contributed by atoms with E-state index >= 15 is 0 Å². The van der Waals surface area contributed by atoms with E-state index in [4.69, 9.17) is 4.74 Å². The summed E-state index contributed by atoms with van der Waals surface area (Å²) in [5.41, 5.74) is 0.519. The second-order valence-electron chi connectivity index (χ2n) is 14.8. The number of hydrogen-bond acceptors (Lipinski definition) is 5. The summed E-state index contributed by atoms with van der Waals surface area (Å²) in [6.07, 6.45) is 10.1. The summed E-state index contributed by atoms with van der Waals surface area (Å²) in [5.74, 6) is 0.0937. The van der Waals surface area contributed by atoms with Crippen molar-refractivity contribution in [1.82, 2.24) is 4.90 Å². The van der Waals surface area contributed by atoms with E-state index in [1.54, 1.807) is 0 Å². The molecule has 0 aromatic heterocycles. The number of fused-ring (bicyclic) bond motifs is 7. The van der Waals surface area contributed by atoms with Crippen LogP contribution in [0.1, 0.15) is 79.6 Å². The van der Waals surface area contributed by atoms with Gasteiger partial charge in [0.05, 0.1) is 24.2 Å². The van der Waals surface area contributed by atoms with Crippen molar-refractivity contribution < 1.29 is 19.1 Å². The van der Waals surface area contributed by atoms with Crippen molar-refractivity contribution >= 4 is 17.5 Å². The van der Waals surface area contributed by atoms with Gasteiger partial charge in [0.15, 0.2) is 11.6 Å². The van der Waals surface area contributed by atoms with Crippen LogP contribution in [0, 0.1) is 62.6 Å². The number of carbonyl (C=O) groups is 3. The maximum atomic E-state index is 14.4. The third kappa shape index (κ3) is 3.64. The predicted molar refractivity (Wildman–Crippen MR) is 147 cm³/mol. The van der Waals surface area contributed by atoms with Crippen LogP contribution in [-0.2, 0) is 19.1 Å². The van der Waals surface area contributed by atoms with Crippen molar-refractivity contribution in [1.29, 1.82) is 5.26 Å². The second kappa shape index (κ2) is 8.87. The van der Waals surface area contributed by atoms with Gasteiger partial charge in [0, 0.05) is 30.8 Å². The number of ketones is 2. The van der Waals surface area contributed by atoms with Gasteiger partial charge in [0.2, 0.25) is 5.91 Å². The molecule has 210 valence electrons. The number of morpholine rings is 1. The first-order valence-electron chi connectivity index (χ1n) is 15.2. The Morgan fingerprint density at radius 2 is 1.74 bits per heavy atom. The Balaban J connectivity index is 1.45. The van der Waals surface area contributed by atoms with Gasteiger partial charge in [-0.15, -0.1) is 0 Å². The molecule has 1 saturated heterocycles. The molecule has 6 rings (SSSR count). The van der Waals surface area contributed by atoms with Gasteiger partial charge in [0.1, 0.15) is 6.07 Å². The average molecular weight is 533 g/mol. The molecule has 0 radical (unpaired) electrons. The predicted octanol–water partition coefficient (Wildman–Crippen LogP) is 5.28. The summed E-state index contributed by atoms with van der Waals surface area (Å²) >= 11 is 0. The zero-order valence-electron chi connectivity index (χ0n) is 24.3. The highest BCUT2D eigenvalue weighted by Crippen LogP contribution is 2.72. The molecule has 0 aromatic carbocycles. The van der Waals surface area contributed by atoms with E-state index in [0.29, 0.717) is 26.3 Å². The molecule has 8 unspecified atom stereocenters. The van der Waals surface area contributed by atoms with Crippen molar-refractivity contribution in [2.45, 2.75) is 79.6 Å². The number of ether oxygens (including phenoxy) is 1. The molecule has 0 N–H and O–H groups in total. The Labute approximate surface area is 233 Å². The number of nitrogens with zero attached hydrogens (tertiary/aromatic N) is 2. The maximum absolute atomic E-state index is 14.4. The van der Waals surface area contributed by atoms with Crippen molar-refractivity contribution in [2.75, 3.05) is 26.3 Å². The summed E-state index contributed by atoms with van der Waals surface area (Å²) in [5, 5.41) is 9.72. The number of rotatable bonds is 1. The monoisotopic (exact) mass is 532 g/mol. The minimum atomic E-state index is -0.481. The molecular weight excluding hydrogens is 488 g/mol. The summed E-state index contributed by atoms with van der Waals surface area (Å²) in [6.45, 7) is 13.7. The Morgan fingerprint density at radius 1 is 1.05 bits per heavy atom. The van der Waals surface area contributed by atoms with E-state index in [2.05, 4.69) is 33.8 Å². The molecule has 5 aliphatic carbocycles. The van der Waals surface area contributed by atoms with E-state index in [1.165, 1.54) is 0 Å². The van der Waals surface area contributed by atoms with Crippen LogP contribution in [0.25, 0.3) is 0 Å². The highest BCUT2D eigenvalue weighted by molar-refractivity contribution is 6.02. The molecule has 0 aromatic rings. The first kappa shape index (κ1) is 26.9. The van der Waals surface area contributed by atoms with E-state index in [0.717, 1.165) is 50.5 Å². The van der Waals surface area contributed by atoms with Gasteiger partial charge < -0.3 is 9.64 Å². The lowest BCUT2D eigenvalue weighted by Gasteiger charge is -2.67. The first-order valence-corrected chi connectivity index (χ1v) is 15.2. The smallest absolute Gasteiger partial charge is 0.229 e. The van der Waals surface area contributed by atoms with Crippen molar-refractivity contribution in [3.8, 4) is 6.07 Å². The van der Waals surface area contributed by atoms with Crippen LogP contribution in [0.4, 0.5) is 0 Å². The van der Waals surface area contributed by atoms with Gasteiger partial charge in [-0.1, -0.05) is 46.3 Å². The van der Waals surface area contributed by atoms with Gasteiger partial charge in [-0.05, 0) is 79.1 Å². The molecule has 1 aliphatic heterocycles. The summed E-state index contributed by atoms with van der Waals surface area (Å²) in [4.78, 5) is 43.7.